The van der Waals surface area contributed by atoms with Crippen molar-refractivity contribution in [3.8, 4) is 0 Å². The average Bonchev–Trinajstić information content (AvgIpc) is 3.54. The van der Waals surface area contributed by atoms with Gasteiger partial charge in [0.25, 0.3) is 0 Å². The molecule has 4 heterocycles. The van der Waals surface area contributed by atoms with Gasteiger partial charge in [-0.05, 0) is 38.5 Å². The minimum absolute atomic E-state index is 0.119. The number of hydrogen-bond acceptors (Lipinski definition) is 7. The third-order valence-corrected chi connectivity index (χ3v) is 9.67. The molecule has 4 rings (SSSR count). The molecule has 4 saturated heterocycles. The third kappa shape index (κ3) is 5.92. The van der Waals surface area contributed by atoms with Crippen LogP contribution in [-0.4, -0.2) is 131 Å². The number of carbonyl (C=O) groups excluding carboxylic acids is 3. The second-order valence-electron chi connectivity index (χ2n) is 13.0. The summed E-state index contributed by atoms with van der Waals surface area (Å²) < 4.78 is 12.3. The maximum Gasteiger partial charge on any atom is 0.248 e. The summed E-state index contributed by atoms with van der Waals surface area (Å²) >= 11 is 0. The van der Waals surface area contributed by atoms with Crippen molar-refractivity contribution >= 4 is 17.7 Å². The van der Waals surface area contributed by atoms with E-state index in [1.54, 1.807) is 26.9 Å². The summed E-state index contributed by atoms with van der Waals surface area (Å²) in [5.41, 5.74) is -1.98. The second-order valence-corrected chi connectivity index (χ2v) is 13.0. The minimum Gasteiger partial charge on any atom is -0.394 e. The van der Waals surface area contributed by atoms with Gasteiger partial charge in [0.05, 0.1) is 43.3 Å². The molecule has 2 unspecified atom stereocenters. The Labute approximate surface area is 251 Å². The van der Waals surface area contributed by atoms with Crippen LogP contribution < -0.4 is 0 Å². The monoisotopic (exact) mass is 588 g/mol. The van der Waals surface area contributed by atoms with Crippen molar-refractivity contribution in [3.63, 3.8) is 0 Å². The number of likely N-dealkylation sites (tertiary alicyclic amines) is 1. The molecule has 4 fully saturated rings. The molecule has 4 aliphatic heterocycles. The van der Waals surface area contributed by atoms with Crippen molar-refractivity contribution in [1.29, 1.82) is 0 Å². The van der Waals surface area contributed by atoms with E-state index in [1.165, 1.54) is 0 Å². The maximum absolute atomic E-state index is 14.7. The van der Waals surface area contributed by atoms with Gasteiger partial charge in [0.2, 0.25) is 17.7 Å². The molecular weight excluding hydrogens is 536 g/mol. The molecule has 3 amide bonds. The highest BCUT2D eigenvalue weighted by molar-refractivity contribution is 5.99. The predicted molar refractivity (Wildman–Crippen MR) is 161 cm³/mol. The van der Waals surface area contributed by atoms with Crippen LogP contribution in [0, 0.1) is 17.8 Å². The summed E-state index contributed by atoms with van der Waals surface area (Å²) in [7, 11) is 0. The lowest BCUT2D eigenvalue weighted by Crippen LogP contribution is -2.59. The molecule has 4 aliphatic rings. The van der Waals surface area contributed by atoms with Crippen LogP contribution in [0.5, 0.6) is 0 Å². The molecule has 0 aliphatic carbocycles. The van der Waals surface area contributed by atoms with E-state index in [0.29, 0.717) is 65.2 Å². The Morgan fingerprint density at radius 2 is 1.74 bits per heavy atom. The zero-order valence-electron chi connectivity index (χ0n) is 26.1. The lowest BCUT2D eigenvalue weighted by atomic mass is 9.66. The summed E-state index contributed by atoms with van der Waals surface area (Å²) in [5, 5.41) is 10.6. The molecule has 10 nitrogen and oxygen atoms in total. The molecule has 1 N–H and O–H groups in total. The Morgan fingerprint density at radius 3 is 2.31 bits per heavy atom. The lowest BCUT2D eigenvalue weighted by Gasteiger charge is -2.40. The lowest BCUT2D eigenvalue weighted by molar-refractivity contribution is -0.157. The van der Waals surface area contributed by atoms with E-state index >= 15 is 0 Å². The topological polar surface area (TPSA) is 103 Å². The van der Waals surface area contributed by atoms with Crippen LogP contribution in [-0.2, 0) is 23.9 Å². The van der Waals surface area contributed by atoms with E-state index in [4.69, 9.17) is 9.47 Å². The maximum atomic E-state index is 14.7. The number of nitrogens with zero attached hydrogens (tertiary/aromatic N) is 4. The first kappa shape index (κ1) is 32.6. The second kappa shape index (κ2) is 13.6. The van der Waals surface area contributed by atoms with Crippen molar-refractivity contribution in [1.82, 2.24) is 19.6 Å². The molecule has 0 saturated carbocycles. The molecule has 0 aromatic heterocycles. The van der Waals surface area contributed by atoms with Crippen molar-refractivity contribution in [2.45, 2.75) is 76.7 Å². The molecule has 1 spiro atoms. The fraction of sp³-hybridized carbons (Fsp3) is 0.781. The molecular formula is C32H52N4O6. The third-order valence-electron chi connectivity index (χ3n) is 9.67. The van der Waals surface area contributed by atoms with Gasteiger partial charge < -0.3 is 29.3 Å². The quantitative estimate of drug-likeness (QED) is 0.292. The standard InChI is InChI=1S/C32H52N4O6/c1-7-12-34(13-8-2)28(38)25-26-29(39)36(24(22-37)21-23(4)5)27(32(26)11-10-31(25,6)42-32)30(40)35(14-9-3)16-15-33-17-19-41-20-18-33/h7,9,23-27,37H,1,3,8,10-22H2,2,4-6H3/t24-,25-,26+,27?,31+,32?/m1/s1. The van der Waals surface area contributed by atoms with E-state index in [0.717, 1.165) is 19.5 Å². The fourth-order valence-corrected chi connectivity index (χ4v) is 7.85. The largest absolute Gasteiger partial charge is 0.394 e. The van der Waals surface area contributed by atoms with Gasteiger partial charge in [0.15, 0.2) is 0 Å². The van der Waals surface area contributed by atoms with E-state index in [2.05, 4.69) is 18.1 Å². The zero-order valence-corrected chi connectivity index (χ0v) is 26.1. The summed E-state index contributed by atoms with van der Waals surface area (Å²) in [5.74, 6) is -1.87. The normalized spacial score (nSPS) is 31.3. The highest BCUT2D eigenvalue weighted by Gasteiger charge is 2.78. The average molecular weight is 589 g/mol. The number of fused-ring (bicyclic) bond motifs is 1. The van der Waals surface area contributed by atoms with Gasteiger partial charge in [-0.2, -0.15) is 0 Å². The van der Waals surface area contributed by atoms with Crippen LogP contribution >= 0.6 is 0 Å². The van der Waals surface area contributed by atoms with Crippen LogP contribution in [0.15, 0.2) is 25.3 Å². The smallest absolute Gasteiger partial charge is 0.248 e. The summed E-state index contributed by atoms with van der Waals surface area (Å²) in [6.07, 6.45) is 5.84. The summed E-state index contributed by atoms with van der Waals surface area (Å²) in [6.45, 7) is 20.9. The van der Waals surface area contributed by atoms with Gasteiger partial charge in [-0.15, -0.1) is 13.2 Å². The van der Waals surface area contributed by atoms with Crippen molar-refractivity contribution in [2.75, 3.05) is 65.6 Å². The number of rotatable bonds is 15. The number of ether oxygens (including phenoxy) is 2. The van der Waals surface area contributed by atoms with Gasteiger partial charge in [0.1, 0.15) is 11.6 Å². The Bertz CT molecular complexity index is 1010. The molecule has 6 atom stereocenters. The summed E-state index contributed by atoms with van der Waals surface area (Å²) in [4.78, 5) is 50.9. The molecule has 0 radical (unpaired) electrons. The van der Waals surface area contributed by atoms with Gasteiger partial charge >= 0.3 is 0 Å². The van der Waals surface area contributed by atoms with E-state index in [1.807, 2.05) is 27.7 Å². The predicted octanol–water partition coefficient (Wildman–Crippen LogP) is 1.93. The SMILES string of the molecule is C=CCN(CCN1CCOCC1)C(=O)C1N([C@@H](CO)CC(C)C)C(=O)[C@@H]2[C@H](C(=O)N(CC=C)CCC)[C@]3(C)CCC12O3. The zero-order chi connectivity index (χ0) is 30.7. The van der Waals surface area contributed by atoms with E-state index < -0.39 is 35.1 Å². The number of morpholine rings is 1. The first-order valence-electron chi connectivity index (χ1n) is 15.8. The Morgan fingerprint density at radius 1 is 1.10 bits per heavy atom. The number of aliphatic hydroxyl groups is 1. The van der Waals surface area contributed by atoms with Crippen molar-refractivity contribution in [2.24, 2.45) is 17.8 Å². The number of carbonyl (C=O) groups is 3. The number of hydrogen-bond donors (Lipinski definition) is 1. The van der Waals surface area contributed by atoms with E-state index in [-0.39, 0.29) is 30.2 Å². The molecule has 0 aromatic carbocycles. The van der Waals surface area contributed by atoms with Crippen LogP contribution in [0.2, 0.25) is 0 Å². The minimum atomic E-state index is -1.13. The van der Waals surface area contributed by atoms with E-state index in [9.17, 15) is 19.5 Å². The Kier molecular flexibility index (Phi) is 10.5. The Hall–Kier alpha value is -2.27. The van der Waals surface area contributed by atoms with Crippen molar-refractivity contribution < 1.29 is 29.0 Å². The van der Waals surface area contributed by atoms with Crippen LogP contribution in [0.3, 0.4) is 0 Å². The molecule has 2 bridgehead atoms. The highest BCUT2D eigenvalue weighted by atomic mass is 16.5. The molecule has 10 heteroatoms. The van der Waals surface area contributed by atoms with Gasteiger partial charge in [-0.1, -0.05) is 32.9 Å². The van der Waals surface area contributed by atoms with Gasteiger partial charge in [0, 0.05) is 45.8 Å². The van der Waals surface area contributed by atoms with Crippen LogP contribution in [0.25, 0.3) is 0 Å². The number of amides is 3. The fourth-order valence-electron chi connectivity index (χ4n) is 7.85. The van der Waals surface area contributed by atoms with Gasteiger partial charge in [-0.25, -0.2) is 0 Å². The molecule has 42 heavy (non-hydrogen) atoms. The van der Waals surface area contributed by atoms with Crippen LogP contribution in [0.1, 0.15) is 53.4 Å². The summed E-state index contributed by atoms with van der Waals surface area (Å²) in [6, 6.07) is -1.48. The molecule has 236 valence electrons. The van der Waals surface area contributed by atoms with Crippen molar-refractivity contribution in [3.05, 3.63) is 25.3 Å². The molecule has 0 aromatic rings. The first-order valence-corrected chi connectivity index (χ1v) is 15.8. The van der Waals surface area contributed by atoms with Crippen LogP contribution in [0.4, 0.5) is 0 Å². The first-order chi connectivity index (χ1) is 20.1. The highest BCUT2D eigenvalue weighted by Crippen LogP contribution is 2.64. The van der Waals surface area contributed by atoms with Gasteiger partial charge in [-0.3, -0.25) is 19.3 Å². The Balaban J connectivity index is 1.74. The number of aliphatic hydroxyl groups excluding tert-OH is 1.